The lowest BCUT2D eigenvalue weighted by Crippen LogP contribution is -2.20. The van der Waals surface area contributed by atoms with Gasteiger partial charge in [-0.15, -0.1) is 0 Å². The van der Waals surface area contributed by atoms with Gasteiger partial charge in [-0.05, 0) is 32.1 Å². The van der Waals surface area contributed by atoms with Crippen molar-refractivity contribution in [1.82, 2.24) is 0 Å². The molecular formula is C11H21NO. The highest BCUT2D eigenvalue weighted by molar-refractivity contribution is 5.87. The minimum Gasteiger partial charge on any atom is -0.382 e. The van der Waals surface area contributed by atoms with Crippen molar-refractivity contribution in [3.8, 4) is 0 Å². The topological polar surface area (TPSA) is 21.6 Å². The fourth-order valence-corrected chi connectivity index (χ4v) is 1.92. The number of ether oxygens (including phenoxy) is 1. The Kier molecular flexibility index (Phi) is 4.43. The first kappa shape index (κ1) is 10.7. The Morgan fingerprint density at radius 1 is 1.54 bits per heavy atom. The van der Waals surface area contributed by atoms with Gasteiger partial charge in [0.1, 0.15) is 0 Å². The van der Waals surface area contributed by atoms with E-state index in [0.29, 0.717) is 12.0 Å². The van der Waals surface area contributed by atoms with E-state index < -0.39 is 0 Å². The van der Waals surface area contributed by atoms with Gasteiger partial charge < -0.3 is 4.74 Å². The minimum atomic E-state index is 0.334. The number of aliphatic imine (C=N–C) groups is 1. The van der Waals surface area contributed by atoms with E-state index in [1.54, 1.807) is 7.11 Å². The van der Waals surface area contributed by atoms with Gasteiger partial charge >= 0.3 is 0 Å². The van der Waals surface area contributed by atoms with E-state index in [0.717, 1.165) is 6.61 Å². The first-order valence-corrected chi connectivity index (χ1v) is 5.29. The van der Waals surface area contributed by atoms with Gasteiger partial charge in [-0.1, -0.05) is 13.3 Å². The van der Waals surface area contributed by atoms with Crippen LogP contribution in [-0.4, -0.2) is 25.5 Å². The van der Waals surface area contributed by atoms with Crippen LogP contribution < -0.4 is 0 Å². The van der Waals surface area contributed by atoms with E-state index in [1.165, 1.54) is 31.4 Å². The summed E-state index contributed by atoms with van der Waals surface area (Å²) in [5.74, 6) is 0.702. The number of methoxy groups -OCH3 is 1. The molecule has 13 heavy (non-hydrogen) atoms. The van der Waals surface area contributed by atoms with Gasteiger partial charge in [-0.25, -0.2) is 0 Å². The van der Waals surface area contributed by atoms with Crippen LogP contribution in [0.5, 0.6) is 0 Å². The summed E-state index contributed by atoms with van der Waals surface area (Å²) in [6.45, 7) is 5.16. The zero-order chi connectivity index (χ0) is 9.68. The summed E-state index contributed by atoms with van der Waals surface area (Å²) < 4.78 is 5.07. The number of nitrogens with zero attached hydrogens (tertiary/aromatic N) is 1. The Morgan fingerprint density at radius 2 is 2.31 bits per heavy atom. The second kappa shape index (κ2) is 5.38. The smallest absolute Gasteiger partial charge is 0.0704 e. The van der Waals surface area contributed by atoms with Crippen molar-refractivity contribution in [2.24, 2.45) is 10.9 Å². The summed E-state index contributed by atoms with van der Waals surface area (Å²) in [6, 6.07) is 0.334. The van der Waals surface area contributed by atoms with Crippen LogP contribution in [0.15, 0.2) is 4.99 Å². The van der Waals surface area contributed by atoms with Crippen LogP contribution >= 0.6 is 0 Å². The minimum absolute atomic E-state index is 0.334. The Morgan fingerprint density at radius 3 is 2.92 bits per heavy atom. The molecule has 2 heteroatoms. The van der Waals surface area contributed by atoms with Crippen LogP contribution in [0.1, 0.15) is 39.5 Å². The predicted molar refractivity (Wildman–Crippen MR) is 56.4 cm³/mol. The molecule has 2 nitrogen and oxygen atoms in total. The first-order valence-electron chi connectivity index (χ1n) is 5.29. The average Bonchev–Trinajstić information content (AvgIpc) is 2.09. The lowest BCUT2D eigenvalue weighted by Gasteiger charge is -2.21. The number of hydrogen-bond acceptors (Lipinski definition) is 2. The maximum Gasteiger partial charge on any atom is 0.0704 e. The third-order valence-electron chi connectivity index (χ3n) is 2.68. The predicted octanol–water partition coefficient (Wildman–Crippen LogP) is 2.67. The van der Waals surface area contributed by atoms with Gasteiger partial charge in [0, 0.05) is 12.8 Å². The van der Waals surface area contributed by atoms with E-state index in [2.05, 4.69) is 13.8 Å². The summed E-state index contributed by atoms with van der Waals surface area (Å²) in [4.78, 5) is 4.70. The molecule has 0 unspecified atom stereocenters. The van der Waals surface area contributed by atoms with E-state index in [4.69, 9.17) is 9.73 Å². The Balaban J connectivity index is 2.46. The van der Waals surface area contributed by atoms with Crippen LogP contribution in [0.4, 0.5) is 0 Å². The highest BCUT2D eigenvalue weighted by Crippen LogP contribution is 2.21. The molecule has 1 aliphatic carbocycles. The maximum atomic E-state index is 5.07. The Labute approximate surface area is 81.4 Å². The lowest BCUT2D eigenvalue weighted by molar-refractivity contribution is 0.185. The van der Waals surface area contributed by atoms with Crippen LogP contribution in [0, 0.1) is 5.92 Å². The molecule has 0 N–H and O–H groups in total. The van der Waals surface area contributed by atoms with Crippen molar-refractivity contribution >= 4 is 5.71 Å². The molecule has 0 heterocycles. The zero-order valence-electron chi connectivity index (χ0n) is 9.05. The van der Waals surface area contributed by atoms with Gasteiger partial charge in [0.25, 0.3) is 0 Å². The molecule has 1 rings (SSSR count). The number of hydrogen-bond donors (Lipinski definition) is 0. The second-order valence-corrected chi connectivity index (χ2v) is 4.07. The molecule has 0 saturated heterocycles. The Hall–Kier alpha value is -0.370. The average molecular weight is 183 g/mol. The molecule has 0 aromatic carbocycles. The fraction of sp³-hybridized carbons (Fsp3) is 0.909. The van der Waals surface area contributed by atoms with Gasteiger partial charge in [0.2, 0.25) is 0 Å². The van der Waals surface area contributed by atoms with Crippen molar-refractivity contribution < 1.29 is 4.74 Å². The van der Waals surface area contributed by atoms with Crippen molar-refractivity contribution in [2.45, 2.75) is 45.6 Å². The lowest BCUT2D eigenvalue weighted by atomic mass is 9.88. The molecule has 1 saturated carbocycles. The molecule has 0 bridgehead atoms. The molecule has 0 radical (unpaired) electrons. The zero-order valence-corrected chi connectivity index (χ0v) is 9.05. The van der Waals surface area contributed by atoms with Crippen molar-refractivity contribution in [3.05, 3.63) is 0 Å². The van der Waals surface area contributed by atoms with Gasteiger partial charge in [0.05, 0.1) is 12.6 Å². The van der Waals surface area contributed by atoms with Crippen molar-refractivity contribution in [2.75, 3.05) is 13.7 Å². The standard InChI is InChI=1S/C11H21NO/c1-9-6-4-5-7-11(9)12-10(2)8-13-3/h9-10H,4-8H2,1-3H3/t9-,10+/m1/s1. The van der Waals surface area contributed by atoms with Crippen LogP contribution in [0.2, 0.25) is 0 Å². The largest absolute Gasteiger partial charge is 0.382 e. The van der Waals surface area contributed by atoms with Crippen LogP contribution in [-0.2, 0) is 4.74 Å². The molecule has 1 aliphatic rings. The van der Waals surface area contributed by atoms with Crippen molar-refractivity contribution in [1.29, 1.82) is 0 Å². The molecule has 76 valence electrons. The fourth-order valence-electron chi connectivity index (χ4n) is 1.92. The SMILES string of the molecule is COC[C@H](C)N=C1CCCC[C@H]1C. The van der Waals surface area contributed by atoms with Gasteiger partial charge in [-0.3, -0.25) is 4.99 Å². The summed E-state index contributed by atoms with van der Waals surface area (Å²) in [7, 11) is 1.74. The highest BCUT2D eigenvalue weighted by atomic mass is 16.5. The molecule has 0 spiro atoms. The molecular weight excluding hydrogens is 162 g/mol. The molecule has 1 fully saturated rings. The molecule has 2 atom stereocenters. The van der Waals surface area contributed by atoms with Crippen molar-refractivity contribution in [3.63, 3.8) is 0 Å². The normalized spacial score (nSPS) is 29.2. The third-order valence-corrected chi connectivity index (χ3v) is 2.68. The summed E-state index contributed by atoms with van der Waals surface area (Å²) >= 11 is 0. The van der Waals surface area contributed by atoms with E-state index in [1.807, 2.05) is 0 Å². The van der Waals surface area contributed by atoms with Gasteiger partial charge in [-0.2, -0.15) is 0 Å². The first-order chi connectivity index (χ1) is 6.24. The maximum absolute atomic E-state index is 5.07. The van der Waals surface area contributed by atoms with E-state index >= 15 is 0 Å². The molecule has 0 aromatic heterocycles. The van der Waals surface area contributed by atoms with E-state index in [9.17, 15) is 0 Å². The van der Waals surface area contributed by atoms with Crippen LogP contribution in [0.25, 0.3) is 0 Å². The van der Waals surface area contributed by atoms with E-state index in [-0.39, 0.29) is 0 Å². The van der Waals surface area contributed by atoms with Crippen LogP contribution in [0.3, 0.4) is 0 Å². The molecule has 0 aliphatic heterocycles. The summed E-state index contributed by atoms with van der Waals surface area (Å²) in [5, 5.41) is 0. The third kappa shape index (κ3) is 3.47. The Bertz CT molecular complexity index is 177. The summed E-state index contributed by atoms with van der Waals surface area (Å²) in [5.41, 5.74) is 1.41. The quantitative estimate of drug-likeness (QED) is 0.659. The molecule has 0 amide bonds. The number of rotatable bonds is 3. The summed E-state index contributed by atoms with van der Waals surface area (Å²) in [6.07, 6.45) is 5.22. The monoisotopic (exact) mass is 183 g/mol. The second-order valence-electron chi connectivity index (χ2n) is 4.07. The molecule has 0 aromatic rings. The highest BCUT2D eigenvalue weighted by Gasteiger charge is 2.16. The van der Waals surface area contributed by atoms with Gasteiger partial charge in [0.15, 0.2) is 0 Å².